The first-order valence-corrected chi connectivity index (χ1v) is 18.0. The quantitative estimate of drug-likeness (QED) is 0.182. The number of fused-ring (bicyclic) bond motifs is 4. The summed E-state index contributed by atoms with van der Waals surface area (Å²) in [6.45, 7) is 0. The first-order valence-electron chi connectivity index (χ1n) is 17.2. The zero-order valence-corrected chi connectivity index (χ0v) is 28.5. The van der Waals surface area contributed by atoms with Gasteiger partial charge in [0, 0.05) is 26.7 Å². The van der Waals surface area contributed by atoms with Gasteiger partial charge in [0.15, 0.2) is 0 Å². The minimum absolute atomic E-state index is 0.926. The van der Waals surface area contributed by atoms with E-state index in [1.165, 1.54) is 48.5 Å². The molecule has 10 rings (SSSR count). The summed E-state index contributed by atoms with van der Waals surface area (Å²) >= 11 is 1.82. The highest BCUT2D eigenvalue weighted by Gasteiger charge is 2.26. The molecule has 9 aromatic rings. The van der Waals surface area contributed by atoms with Gasteiger partial charge < -0.3 is 4.90 Å². The van der Waals surface area contributed by atoms with Crippen molar-refractivity contribution < 1.29 is 0 Å². The summed E-state index contributed by atoms with van der Waals surface area (Å²) < 4.78 is 2.30. The van der Waals surface area contributed by atoms with Crippen molar-refractivity contribution in [3.05, 3.63) is 188 Å². The van der Waals surface area contributed by atoms with Gasteiger partial charge in [-0.05, 0) is 99.8 Å². The first-order chi connectivity index (χ1) is 25.3. The normalized spacial score (nSPS) is 12.2. The Morgan fingerprint density at radius 3 is 1.96 bits per heavy atom. The highest BCUT2D eigenvalue weighted by molar-refractivity contribution is 7.99. The van der Waals surface area contributed by atoms with Crippen LogP contribution in [-0.2, 0) is 0 Å². The van der Waals surface area contributed by atoms with Crippen molar-refractivity contribution >= 4 is 50.6 Å². The van der Waals surface area contributed by atoms with Gasteiger partial charge in [-0.3, -0.25) is 4.57 Å². The van der Waals surface area contributed by atoms with E-state index >= 15 is 0 Å². The van der Waals surface area contributed by atoms with E-state index < -0.39 is 0 Å². The van der Waals surface area contributed by atoms with E-state index in [2.05, 4.69) is 198 Å². The minimum atomic E-state index is 0.926. The standard InChI is InChI=1S/C47H31N3S/c1-2-11-32(12-3-1)33-21-26-37(27-22-33)49-43-19-8-9-20-45(43)51-46-31-36(25-30-44(46)49)47-48-41-17-6-7-18-42(41)50(47)38-28-23-35(24-29-38)40-16-10-14-34-13-4-5-15-39(34)40/h1-31H. The van der Waals surface area contributed by atoms with Crippen LogP contribution in [0.4, 0.5) is 17.1 Å². The average molecular weight is 670 g/mol. The number of benzene rings is 8. The topological polar surface area (TPSA) is 21.1 Å². The Labute approximate surface area is 301 Å². The van der Waals surface area contributed by atoms with E-state index in [9.17, 15) is 0 Å². The van der Waals surface area contributed by atoms with Gasteiger partial charge in [0.2, 0.25) is 0 Å². The third-order valence-corrected chi connectivity index (χ3v) is 10.9. The Morgan fingerprint density at radius 1 is 0.431 bits per heavy atom. The molecule has 0 atom stereocenters. The van der Waals surface area contributed by atoms with E-state index in [-0.39, 0.29) is 0 Å². The molecule has 0 radical (unpaired) electrons. The zero-order valence-electron chi connectivity index (χ0n) is 27.6. The Balaban J connectivity index is 1.07. The zero-order chi connectivity index (χ0) is 33.7. The number of hydrogen-bond donors (Lipinski definition) is 0. The van der Waals surface area contributed by atoms with Crippen LogP contribution in [0.2, 0.25) is 0 Å². The number of nitrogens with zero attached hydrogens (tertiary/aromatic N) is 3. The van der Waals surface area contributed by atoms with Gasteiger partial charge in [0.1, 0.15) is 5.82 Å². The van der Waals surface area contributed by atoms with Crippen LogP contribution in [0.25, 0.3) is 61.1 Å². The lowest BCUT2D eigenvalue weighted by atomic mass is 9.98. The van der Waals surface area contributed by atoms with Crippen molar-refractivity contribution in [1.82, 2.24) is 9.55 Å². The van der Waals surface area contributed by atoms with Gasteiger partial charge in [-0.15, -0.1) is 0 Å². The fourth-order valence-electron chi connectivity index (χ4n) is 7.36. The number of anilines is 3. The van der Waals surface area contributed by atoms with Crippen molar-refractivity contribution in [2.45, 2.75) is 9.79 Å². The van der Waals surface area contributed by atoms with Gasteiger partial charge in [0.25, 0.3) is 0 Å². The predicted molar refractivity (Wildman–Crippen MR) is 214 cm³/mol. The molecule has 0 fully saturated rings. The molecule has 1 aliphatic rings. The summed E-state index contributed by atoms with van der Waals surface area (Å²) in [7, 11) is 0. The van der Waals surface area contributed by atoms with E-state index in [0.29, 0.717) is 0 Å². The predicted octanol–water partition coefficient (Wildman–Crippen LogP) is 13.1. The average Bonchev–Trinajstić information content (AvgIpc) is 3.60. The molecular weight excluding hydrogens is 639 g/mol. The van der Waals surface area contributed by atoms with Crippen LogP contribution in [0, 0.1) is 0 Å². The van der Waals surface area contributed by atoms with Crippen molar-refractivity contribution in [1.29, 1.82) is 0 Å². The largest absolute Gasteiger partial charge is 0.308 e. The van der Waals surface area contributed by atoms with Crippen molar-refractivity contribution in [2.24, 2.45) is 0 Å². The summed E-state index contributed by atoms with van der Waals surface area (Å²) in [4.78, 5) is 10.0. The second kappa shape index (κ2) is 12.2. The minimum Gasteiger partial charge on any atom is -0.308 e. The van der Waals surface area contributed by atoms with Crippen LogP contribution in [0.1, 0.15) is 0 Å². The lowest BCUT2D eigenvalue weighted by Crippen LogP contribution is -2.14. The molecule has 1 aromatic heterocycles. The van der Waals surface area contributed by atoms with E-state index in [0.717, 1.165) is 39.5 Å². The molecule has 3 nitrogen and oxygen atoms in total. The van der Waals surface area contributed by atoms with E-state index in [1.54, 1.807) is 0 Å². The highest BCUT2D eigenvalue weighted by atomic mass is 32.2. The molecule has 4 heteroatoms. The molecule has 0 saturated carbocycles. The Hall–Kier alpha value is -6.36. The van der Waals surface area contributed by atoms with Crippen molar-refractivity contribution in [3.63, 3.8) is 0 Å². The van der Waals surface area contributed by atoms with Crippen molar-refractivity contribution in [3.8, 4) is 39.3 Å². The molecule has 0 N–H and O–H groups in total. The maximum atomic E-state index is 5.23. The Morgan fingerprint density at radius 2 is 1.08 bits per heavy atom. The summed E-state index contributed by atoms with van der Waals surface area (Å²) in [5.74, 6) is 0.926. The third-order valence-electron chi connectivity index (χ3n) is 9.80. The second-order valence-electron chi connectivity index (χ2n) is 12.8. The van der Waals surface area contributed by atoms with Gasteiger partial charge >= 0.3 is 0 Å². The summed E-state index contributed by atoms with van der Waals surface area (Å²) in [5, 5.41) is 2.51. The summed E-state index contributed by atoms with van der Waals surface area (Å²) in [6.07, 6.45) is 0. The number of hydrogen-bond acceptors (Lipinski definition) is 3. The van der Waals surface area contributed by atoms with Crippen LogP contribution in [-0.4, -0.2) is 9.55 Å². The maximum Gasteiger partial charge on any atom is 0.145 e. The molecule has 8 aromatic carbocycles. The molecule has 0 aliphatic carbocycles. The molecule has 0 spiro atoms. The summed E-state index contributed by atoms with van der Waals surface area (Å²) in [5.41, 5.74) is 12.6. The van der Waals surface area contributed by atoms with E-state index in [4.69, 9.17) is 4.98 Å². The van der Waals surface area contributed by atoms with Gasteiger partial charge in [0.05, 0.1) is 22.4 Å². The number of para-hydroxylation sites is 3. The van der Waals surface area contributed by atoms with Crippen LogP contribution >= 0.6 is 11.8 Å². The molecule has 1 aliphatic heterocycles. The highest BCUT2D eigenvalue weighted by Crippen LogP contribution is 2.52. The molecule has 51 heavy (non-hydrogen) atoms. The third kappa shape index (κ3) is 5.11. The molecular formula is C47H31N3S. The van der Waals surface area contributed by atoms with Crippen LogP contribution in [0.15, 0.2) is 198 Å². The second-order valence-corrected chi connectivity index (χ2v) is 13.9. The van der Waals surface area contributed by atoms with Gasteiger partial charge in [-0.1, -0.05) is 133 Å². The summed E-state index contributed by atoms with van der Waals surface area (Å²) in [6, 6.07) is 67.3. The fraction of sp³-hybridized carbons (Fsp3) is 0. The number of imidazole rings is 1. The van der Waals surface area contributed by atoms with Crippen LogP contribution in [0.5, 0.6) is 0 Å². The Kier molecular flexibility index (Phi) is 7.07. The lowest BCUT2D eigenvalue weighted by molar-refractivity contribution is 1.10. The molecule has 2 heterocycles. The number of rotatable bonds is 5. The first kappa shape index (κ1) is 29.5. The maximum absolute atomic E-state index is 5.23. The van der Waals surface area contributed by atoms with Gasteiger partial charge in [-0.2, -0.15) is 0 Å². The molecule has 0 bridgehead atoms. The van der Waals surface area contributed by atoms with Gasteiger partial charge in [-0.25, -0.2) is 4.98 Å². The smallest absolute Gasteiger partial charge is 0.145 e. The fourth-order valence-corrected chi connectivity index (χ4v) is 8.45. The SMILES string of the molecule is c1ccc(-c2ccc(N3c4ccccc4Sc4cc(-c5nc6ccccc6n5-c5ccc(-c6cccc7ccccc67)cc5)ccc43)cc2)cc1. The van der Waals surface area contributed by atoms with Crippen LogP contribution < -0.4 is 4.90 Å². The molecule has 0 amide bonds. The van der Waals surface area contributed by atoms with Crippen molar-refractivity contribution in [2.75, 3.05) is 4.90 Å². The molecule has 0 saturated heterocycles. The Bertz CT molecular complexity index is 2710. The lowest BCUT2D eigenvalue weighted by Gasteiger charge is -2.33. The molecule has 0 unspecified atom stereocenters. The molecule has 240 valence electrons. The number of aromatic nitrogens is 2. The van der Waals surface area contributed by atoms with Crippen LogP contribution in [0.3, 0.4) is 0 Å². The monoisotopic (exact) mass is 669 g/mol. The van der Waals surface area contributed by atoms with E-state index in [1.807, 2.05) is 11.8 Å².